The van der Waals surface area contributed by atoms with Crippen LogP contribution in [0.2, 0.25) is 0 Å². The van der Waals surface area contributed by atoms with E-state index in [9.17, 15) is 0 Å². The lowest BCUT2D eigenvalue weighted by atomic mass is 9.76. The number of aromatic nitrogens is 2. The summed E-state index contributed by atoms with van der Waals surface area (Å²) in [6.45, 7) is 8.31. The zero-order chi connectivity index (χ0) is 14.6. The highest BCUT2D eigenvalue weighted by Crippen LogP contribution is 2.45. The number of aryl methyl sites for hydroxylation is 2. The van der Waals surface area contributed by atoms with E-state index in [-0.39, 0.29) is 0 Å². The van der Waals surface area contributed by atoms with Crippen molar-refractivity contribution in [1.29, 1.82) is 0 Å². The van der Waals surface area contributed by atoms with E-state index in [1.807, 2.05) is 17.9 Å². The van der Waals surface area contributed by atoms with Crippen LogP contribution in [0.1, 0.15) is 58.4 Å². The first-order chi connectivity index (χ1) is 9.53. The van der Waals surface area contributed by atoms with Crippen LogP contribution in [0.4, 0.5) is 0 Å². The second kappa shape index (κ2) is 6.75. The lowest BCUT2D eigenvalue weighted by molar-refractivity contribution is 0.190. The van der Waals surface area contributed by atoms with Crippen molar-refractivity contribution in [2.45, 2.75) is 65.3 Å². The molecular weight excluding hydrogens is 246 g/mol. The topological polar surface area (TPSA) is 29.9 Å². The number of nitrogens with zero attached hydrogens (tertiary/aromatic N) is 2. The van der Waals surface area contributed by atoms with Gasteiger partial charge in [0.15, 0.2) is 0 Å². The molecule has 20 heavy (non-hydrogen) atoms. The first kappa shape index (κ1) is 15.6. The minimum atomic E-state index is 0.500. The SMILES string of the molecule is CCCNC(CCc1cnn(C)c1)C1CCCC1(C)C. The predicted octanol–water partition coefficient (Wildman–Crippen LogP) is 3.55. The first-order valence-electron chi connectivity index (χ1n) is 8.24. The van der Waals surface area contributed by atoms with Gasteiger partial charge >= 0.3 is 0 Å². The Kier molecular flexibility index (Phi) is 5.25. The Labute approximate surface area is 124 Å². The second-order valence-corrected chi connectivity index (χ2v) is 7.11. The summed E-state index contributed by atoms with van der Waals surface area (Å²) in [6, 6.07) is 0.660. The van der Waals surface area contributed by atoms with Crippen LogP contribution in [-0.2, 0) is 13.5 Å². The molecule has 1 saturated carbocycles. The molecule has 3 heteroatoms. The van der Waals surface area contributed by atoms with Gasteiger partial charge in [0.05, 0.1) is 6.20 Å². The molecule has 1 fully saturated rings. The Morgan fingerprint density at radius 2 is 2.30 bits per heavy atom. The van der Waals surface area contributed by atoms with Crippen molar-refractivity contribution in [3.05, 3.63) is 18.0 Å². The highest BCUT2D eigenvalue weighted by Gasteiger charge is 2.38. The van der Waals surface area contributed by atoms with Gasteiger partial charge in [0, 0.05) is 19.3 Å². The Hall–Kier alpha value is -0.830. The fourth-order valence-corrected chi connectivity index (χ4v) is 3.80. The van der Waals surface area contributed by atoms with Crippen LogP contribution in [0, 0.1) is 11.3 Å². The third kappa shape index (κ3) is 3.85. The van der Waals surface area contributed by atoms with E-state index < -0.39 is 0 Å². The quantitative estimate of drug-likeness (QED) is 0.826. The highest BCUT2D eigenvalue weighted by molar-refractivity contribution is 5.05. The zero-order valence-corrected chi connectivity index (χ0v) is 13.7. The summed E-state index contributed by atoms with van der Waals surface area (Å²) in [5.74, 6) is 0.825. The highest BCUT2D eigenvalue weighted by atomic mass is 15.2. The van der Waals surface area contributed by atoms with E-state index in [4.69, 9.17) is 0 Å². The number of nitrogens with one attached hydrogen (secondary N) is 1. The molecule has 1 aliphatic carbocycles. The minimum absolute atomic E-state index is 0.500. The maximum atomic E-state index is 4.28. The van der Waals surface area contributed by atoms with Crippen LogP contribution >= 0.6 is 0 Å². The Bertz CT molecular complexity index is 408. The molecule has 2 atom stereocenters. The molecule has 1 N–H and O–H groups in total. The van der Waals surface area contributed by atoms with Gasteiger partial charge in [-0.15, -0.1) is 0 Å². The fraction of sp³-hybridized carbons (Fsp3) is 0.824. The van der Waals surface area contributed by atoms with Gasteiger partial charge in [-0.05, 0) is 55.5 Å². The largest absolute Gasteiger partial charge is 0.314 e. The van der Waals surface area contributed by atoms with Crippen molar-refractivity contribution < 1.29 is 0 Å². The zero-order valence-electron chi connectivity index (χ0n) is 13.7. The molecule has 1 heterocycles. The van der Waals surface area contributed by atoms with Crippen molar-refractivity contribution >= 4 is 0 Å². The van der Waals surface area contributed by atoms with Gasteiger partial charge in [-0.1, -0.05) is 27.2 Å². The number of hydrogen-bond donors (Lipinski definition) is 1. The van der Waals surface area contributed by atoms with Gasteiger partial charge in [0.2, 0.25) is 0 Å². The molecule has 1 aromatic heterocycles. The molecule has 0 saturated heterocycles. The molecule has 0 amide bonds. The van der Waals surface area contributed by atoms with E-state index in [1.54, 1.807) is 0 Å². The van der Waals surface area contributed by atoms with Crippen LogP contribution in [0.3, 0.4) is 0 Å². The van der Waals surface area contributed by atoms with Crippen molar-refractivity contribution in [1.82, 2.24) is 15.1 Å². The molecule has 0 bridgehead atoms. The van der Waals surface area contributed by atoms with Crippen molar-refractivity contribution in [2.24, 2.45) is 18.4 Å². The fourth-order valence-electron chi connectivity index (χ4n) is 3.80. The molecular formula is C17H31N3. The summed E-state index contributed by atoms with van der Waals surface area (Å²) in [5, 5.41) is 8.10. The number of rotatable bonds is 7. The van der Waals surface area contributed by atoms with E-state index in [2.05, 4.69) is 37.4 Å². The molecule has 2 rings (SSSR count). The van der Waals surface area contributed by atoms with Gasteiger partial charge in [0.1, 0.15) is 0 Å². The maximum absolute atomic E-state index is 4.28. The van der Waals surface area contributed by atoms with E-state index in [0.717, 1.165) is 18.9 Å². The van der Waals surface area contributed by atoms with Gasteiger partial charge < -0.3 is 5.32 Å². The normalized spacial score (nSPS) is 23.1. The third-order valence-corrected chi connectivity index (χ3v) is 4.98. The second-order valence-electron chi connectivity index (χ2n) is 7.11. The van der Waals surface area contributed by atoms with Gasteiger partial charge in [-0.25, -0.2) is 0 Å². The van der Waals surface area contributed by atoms with Crippen LogP contribution in [-0.4, -0.2) is 22.4 Å². The third-order valence-electron chi connectivity index (χ3n) is 4.98. The molecule has 1 aliphatic rings. The molecule has 114 valence electrons. The van der Waals surface area contributed by atoms with Crippen molar-refractivity contribution in [2.75, 3.05) is 6.54 Å². The van der Waals surface area contributed by atoms with Crippen LogP contribution in [0.25, 0.3) is 0 Å². The van der Waals surface area contributed by atoms with Crippen molar-refractivity contribution in [3.63, 3.8) is 0 Å². The van der Waals surface area contributed by atoms with E-state index in [1.165, 1.54) is 37.7 Å². The molecule has 2 unspecified atom stereocenters. The van der Waals surface area contributed by atoms with Crippen molar-refractivity contribution in [3.8, 4) is 0 Å². The summed E-state index contributed by atoms with van der Waals surface area (Å²) >= 11 is 0. The van der Waals surface area contributed by atoms with Crippen LogP contribution in [0.5, 0.6) is 0 Å². The van der Waals surface area contributed by atoms with Crippen LogP contribution in [0.15, 0.2) is 12.4 Å². The van der Waals surface area contributed by atoms with Gasteiger partial charge in [-0.3, -0.25) is 4.68 Å². The summed E-state index contributed by atoms with van der Waals surface area (Å²) in [5.41, 5.74) is 1.87. The molecule has 0 radical (unpaired) electrons. The van der Waals surface area contributed by atoms with Crippen LogP contribution < -0.4 is 5.32 Å². The summed E-state index contributed by atoms with van der Waals surface area (Å²) < 4.78 is 1.91. The number of hydrogen-bond acceptors (Lipinski definition) is 2. The smallest absolute Gasteiger partial charge is 0.0521 e. The molecule has 0 aromatic carbocycles. The lowest BCUT2D eigenvalue weighted by Crippen LogP contribution is -2.41. The average molecular weight is 277 g/mol. The molecule has 1 aromatic rings. The first-order valence-corrected chi connectivity index (χ1v) is 8.24. The molecule has 0 aliphatic heterocycles. The Balaban J connectivity index is 1.96. The average Bonchev–Trinajstić information content (AvgIpc) is 2.96. The summed E-state index contributed by atoms with van der Waals surface area (Å²) in [6.07, 6.45) is 11.9. The monoisotopic (exact) mass is 277 g/mol. The maximum Gasteiger partial charge on any atom is 0.0521 e. The van der Waals surface area contributed by atoms with E-state index in [0.29, 0.717) is 11.5 Å². The standard InChI is InChI=1S/C17H31N3/c1-5-11-18-16(15-7-6-10-17(15,2)3)9-8-14-12-19-20(4)13-14/h12-13,15-16,18H,5-11H2,1-4H3. The van der Waals surface area contributed by atoms with Gasteiger partial charge in [-0.2, -0.15) is 5.10 Å². The summed E-state index contributed by atoms with van der Waals surface area (Å²) in [7, 11) is 2.00. The Morgan fingerprint density at radius 3 is 2.85 bits per heavy atom. The molecule has 0 spiro atoms. The predicted molar refractivity (Wildman–Crippen MR) is 84.7 cm³/mol. The lowest BCUT2D eigenvalue weighted by Gasteiger charge is -2.35. The summed E-state index contributed by atoms with van der Waals surface area (Å²) in [4.78, 5) is 0. The van der Waals surface area contributed by atoms with Gasteiger partial charge in [0.25, 0.3) is 0 Å². The molecule has 3 nitrogen and oxygen atoms in total. The Morgan fingerprint density at radius 1 is 1.50 bits per heavy atom. The minimum Gasteiger partial charge on any atom is -0.314 e. The van der Waals surface area contributed by atoms with E-state index >= 15 is 0 Å².